The van der Waals surface area contributed by atoms with Crippen molar-refractivity contribution >= 4 is 18.0 Å². The molecule has 0 aliphatic heterocycles. The maximum atomic E-state index is 13.0. The van der Waals surface area contributed by atoms with Gasteiger partial charge in [0.1, 0.15) is 5.82 Å². The molecule has 0 aliphatic carbocycles. The number of benzene rings is 2. The molecule has 27 heavy (non-hydrogen) atoms. The van der Waals surface area contributed by atoms with E-state index in [4.69, 9.17) is 14.2 Å². The molecule has 6 nitrogen and oxygen atoms in total. The molecule has 2 aromatic carbocycles. The first-order chi connectivity index (χ1) is 13.0. The number of hydrogen-bond donors (Lipinski definition) is 1. The lowest BCUT2D eigenvalue weighted by Gasteiger charge is -2.10. The summed E-state index contributed by atoms with van der Waals surface area (Å²) in [6.07, 6.45) is 2.54. The minimum Gasteiger partial charge on any atom is -0.493 e. The fourth-order valence-electron chi connectivity index (χ4n) is 2.20. The quantitative estimate of drug-likeness (QED) is 0.569. The third-order valence-electron chi connectivity index (χ3n) is 3.54. The van der Waals surface area contributed by atoms with Crippen molar-refractivity contribution in [2.75, 3.05) is 20.8 Å². The topological polar surface area (TPSA) is 73.9 Å². The highest BCUT2D eigenvalue weighted by molar-refractivity contribution is 5.89. The van der Waals surface area contributed by atoms with Crippen LogP contribution in [0.5, 0.6) is 11.5 Å². The van der Waals surface area contributed by atoms with Gasteiger partial charge in [0.15, 0.2) is 18.1 Å². The molecule has 0 saturated carbocycles. The number of amides is 1. The second kappa shape index (κ2) is 9.96. The van der Waals surface area contributed by atoms with Crippen molar-refractivity contribution in [3.8, 4) is 11.5 Å². The summed E-state index contributed by atoms with van der Waals surface area (Å²) in [6.45, 7) is -0.171. The van der Waals surface area contributed by atoms with Gasteiger partial charge in [-0.05, 0) is 41.5 Å². The van der Waals surface area contributed by atoms with E-state index in [1.807, 2.05) is 0 Å². The Bertz CT molecular complexity index is 835. The Morgan fingerprint density at radius 2 is 1.85 bits per heavy atom. The Morgan fingerprint density at radius 3 is 2.56 bits per heavy atom. The lowest BCUT2D eigenvalue weighted by atomic mass is 10.2. The minimum absolute atomic E-state index is 0.246. The van der Waals surface area contributed by atoms with Crippen LogP contribution >= 0.6 is 0 Å². The van der Waals surface area contributed by atoms with E-state index in [9.17, 15) is 14.0 Å². The number of hydrogen-bond acceptors (Lipinski definition) is 5. The van der Waals surface area contributed by atoms with E-state index in [0.29, 0.717) is 17.1 Å². The van der Waals surface area contributed by atoms with Crippen molar-refractivity contribution < 1.29 is 28.2 Å². The standard InChI is InChI=1S/C20H20FNO5/c1-25-17-8-6-15(11-18(17)26-2)12-22-19(23)13-27-20(24)9-7-14-4-3-5-16(21)10-14/h3-11H,12-13H2,1-2H3,(H,22,23)/b9-7+. The Morgan fingerprint density at radius 1 is 1.07 bits per heavy atom. The number of ether oxygens (including phenoxy) is 3. The molecule has 0 aliphatic rings. The highest BCUT2D eigenvalue weighted by Crippen LogP contribution is 2.27. The second-order valence-corrected chi connectivity index (χ2v) is 5.46. The SMILES string of the molecule is COc1ccc(CNC(=O)COC(=O)/C=C/c2cccc(F)c2)cc1OC. The molecule has 7 heteroatoms. The van der Waals surface area contributed by atoms with Crippen LogP contribution in [-0.2, 0) is 20.9 Å². The van der Waals surface area contributed by atoms with Crippen LogP contribution in [0.4, 0.5) is 4.39 Å². The predicted molar refractivity (Wildman–Crippen MR) is 97.8 cm³/mol. The number of nitrogens with one attached hydrogen (secondary N) is 1. The molecule has 0 radical (unpaired) electrons. The summed E-state index contributed by atoms with van der Waals surface area (Å²) in [4.78, 5) is 23.4. The van der Waals surface area contributed by atoms with Gasteiger partial charge in [-0.1, -0.05) is 18.2 Å². The van der Waals surface area contributed by atoms with Crippen molar-refractivity contribution in [2.24, 2.45) is 0 Å². The van der Waals surface area contributed by atoms with E-state index < -0.39 is 24.3 Å². The summed E-state index contributed by atoms with van der Waals surface area (Å²) in [7, 11) is 3.06. The average Bonchev–Trinajstić information content (AvgIpc) is 2.68. The van der Waals surface area contributed by atoms with E-state index in [1.54, 1.807) is 24.3 Å². The summed E-state index contributed by atoms with van der Waals surface area (Å²) in [5.41, 5.74) is 1.32. The number of esters is 1. The van der Waals surface area contributed by atoms with E-state index in [1.165, 1.54) is 38.5 Å². The third kappa shape index (κ3) is 6.47. The van der Waals surface area contributed by atoms with Crippen LogP contribution in [0.3, 0.4) is 0 Å². The maximum Gasteiger partial charge on any atom is 0.331 e. The molecule has 1 amide bonds. The Kier molecular flexibility index (Phi) is 7.37. The van der Waals surface area contributed by atoms with Crippen molar-refractivity contribution in [1.82, 2.24) is 5.32 Å². The third-order valence-corrected chi connectivity index (χ3v) is 3.54. The normalized spacial score (nSPS) is 10.5. The van der Waals surface area contributed by atoms with Crippen LogP contribution in [0.25, 0.3) is 6.08 Å². The molecule has 0 heterocycles. The van der Waals surface area contributed by atoms with Crippen molar-refractivity contribution in [2.45, 2.75) is 6.54 Å². The molecular weight excluding hydrogens is 353 g/mol. The minimum atomic E-state index is -0.694. The molecule has 0 aromatic heterocycles. The summed E-state index contributed by atoms with van der Waals surface area (Å²) in [6, 6.07) is 11.0. The van der Waals surface area contributed by atoms with Gasteiger partial charge in [0.2, 0.25) is 0 Å². The van der Waals surface area contributed by atoms with Gasteiger partial charge in [-0.15, -0.1) is 0 Å². The van der Waals surface area contributed by atoms with E-state index in [-0.39, 0.29) is 6.54 Å². The van der Waals surface area contributed by atoms with Gasteiger partial charge in [0.25, 0.3) is 5.91 Å². The number of rotatable bonds is 8. The summed E-state index contributed by atoms with van der Waals surface area (Å²) in [5.74, 6) is -0.400. The molecule has 0 unspecified atom stereocenters. The molecule has 0 spiro atoms. The molecule has 0 atom stereocenters. The van der Waals surface area contributed by atoms with Gasteiger partial charge < -0.3 is 19.5 Å². The van der Waals surface area contributed by atoms with Gasteiger partial charge in [0.05, 0.1) is 14.2 Å². The predicted octanol–water partition coefficient (Wildman–Crippen LogP) is 2.72. The summed E-state index contributed by atoms with van der Waals surface area (Å²) >= 11 is 0. The Hall–Kier alpha value is -3.35. The van der Waals surface area contributed by atoms with Crippen LogP contribution in [0.15, 0.2) is 48.5 Å². The lowest BCUT2D eigenvalue weighted by molar-refractivity contribution is -0.143. The average molecular weight is 373 g/mol. The van der Waals surface area contributed by atoms with Gasteiger partial charge in [-0.2, -0.15) is 0 Å². The highest BCUT2D eigenvalue weighted by Gasteiger charge is 2.08. The van der Waals surface area contributed by atoms with Crippen molar-refractivity contribution in [1.29, 1.82) is 0 Å². The van der Waals surface area contributed by atoms with Crippen LogP contribution in [-0.4, -0.2) is 32.7 Å². The van der Waals surface area contributed by atoms with Gasteiger partial charge in [-0.25, -0.2) is 9.18 Å². The number of carbonyl (C=O) groups is 2. The van der Waals surface area contributed by atoms with E-state index in [2.05, 4.69) is 5.32 Å². The molecule has 2 rings (SSSR count). The monoisotopic (exact) mass is 373 g/mol. The van der Waals surface area contributed by atoms with Gasteiger partial charge in [-0.3, -0.25) is 4.79 Å². The van der Waals surface area contributed by atoms with E-state index >= 15 is 0 Å². The van der Waals surface area contributed by atoms with E-state index in [0.717, 1.165) is 11.6 Å². The summed E-state index contributed by atoms with van der Waals surface area (Å²) in [5, 5.41) is 2.64. The van der Waals surface area contributed by atoms with Crippen LogP contribution in [0.2, 0.25) is 0 Å². The molecule has 0 saturated heterocycles. The lowest BCUT2D eigenvalue weighted by Crippen LogP contribution is -2.28. The fraction of sp³-hybridized carbons (Fsp3) is 0.200. The van der Waals surface area contributed by atoms with Crippen LogP contribution < -0.4 is 14.8 Å². The van der Waals surface area contributed by atoms with Crippen LogP contribution in [0, 0.1) is 5.82 Å². The van der Waals surface area contributed by atoms with Crippen LogP contribution in [0.1, 0.15) is 11.1 Å². The molecule has 142 valence electrons. The number of methoxy groups -OCH3 is 2. The largest absolute Gasteiger partial charge is 0.493 e. The summed E-state index contributed by atoms with van der Waals surface area (Å²) < 4.78 is 28.2. The fourth-order valence-corrected chi connectivity index (χ4v) is 2.20. The van der Waals surface area contributed by atoms with Crippen molar-refractivity contribution in [3.05, 3.63) is 65.5 Å². The zero-order chi connectivity index (χ0) is 19.6. The molecule has 0 bridgehead atoms. The molecular formula is C20H20FNO5. The first-order valence-electron chi connectivity index (χ1n) is 8.10. The second-order valence-electron chi connectivity index (χ2n) is 5.46. The Balaban J connectivity index is 1.78. The highest BCUT2D eigenvalue weighted by atomic mass is 19.1. The molecule has 2 aromatic rings. The van der Waals surface area contributed by atoms with Crippen molar-refractivity contribution in [3.63, 3.8) is 0 Å². The first kappa shape index (κ1) is 20.0. The maximum absolute atomic E-state index is 13.0. The van der Waals surface area contributed by atoms with Gasteiger partial charge in [0, 0.05) is 12.6 Å². The van der Waals surface area contributed by atoms with Gasteiger partial charge >= 0.3 is 5.97 Å². The number of halogens is 1. The molecule has 1 N–H and O–H groups in total. The first-order valence-corrected chi connectivity index (χ1v) is 8.10. The smallest absolute Gasteiger partial charge is 0.331 e. The number of carbonyl (C=O) groups excluding carboxylic acids is 2. The zero-order valence-electron chi connectivity index (χ0n) is 15.0. The zero-order valence-corrected chi connectivity index (χ0v) is 15.0. The molecule has 0 fully saturated rings. The Labute approximate surface area is 156 Å².